The summed E-state index contributed by atoms with van der Waals surface area (Å²) in [6.07, 6.45) is 1.75. The fraction of sp³-hybridized carbons (Fsp3) is 0.267. The molecule has 8 nitrogen and oxygen atoms in total. The number of nitrogens with zero attached hydrogens (tertiary/aromatic N) is 3. The van der Waals surface area contributed by atoms with Crippen molar-refractivity contribution in [1.82, 2.24) is 9.55 Å². The van der Waals surface area contributed by atoms with Crippen molar-refractivity contribution in [3.05, 3.63) is 45.9 Å². The SMILES string of the molecule is COc1cc(/C=C(\C(C)O)n2c([N+](=O)[O-])cnc2C)ccc1O. The summed E-state index contributed by atoms with van der Waals surface area (Å²) in [6, 6.07) is 4.62. The van der Waals surface area contributed by atoms with E-state index in [0.29, 0.717) is 17.1 Å². The average Bonchev–Trinajstić information content (AvgIpc) is 2.87. The van der Waals surface area contributed by atoms with Crippen LogP contribution < -0.4 is 4.74 Å². The molecule has 122 valence electrons. The summed E-state index contributed by atoms with van der Waals surface area (Å²) < 4.78 is 6.32. The fourth-order valence-corrected chi connectivity index (χ4v) is 2.21. The zero-order valence-electron chi connectivity index (χ0n) is 12.9. The smallest absolute Gasteiger partial charge is 0.347 e. The summed E-state index contributed by atoms with van der Waals surface area (Å²) >= 11 is 0. The van der Waals surface area contributed by atoms with Crippen molar-refractivity contribution in [2.45, 2.75) is 20.0 Å². The van der Waals surface area contributed by atoms with Crippen molar-refractivity contribution in [3.8, 4) is 11.5 Å². The van der Waals surface area contributed by atoms with Crippen molar-refractivity contribution in [3.63, 3.8) is 0 Å². The molecular weight excluding hydrogens is 302 g/mol. The van der Waals surface area contributed by atoms with E-state index in [-0.39, 0.29) is 17.3 Å². The zero-order chi connectivity index (χ0) is 17.1. The Morgan fingerprint density at radius 3 is 2.78 bits per heavy atom. The Balaban J connectivity index is 2.60. The van der Waals surface area contributed by atoms with Crippen LogP contribution in [0.1, 0.15) is 18.3 Å². The predicted molar refractivity (Wildman–Crippen MR) is 84.1 cm³/mol. The van der Waals surface area contributed by atoms with Gasteiger partial charge in [-0.25, -0.2) is 4.98 Å². The molecule has 0 amide bonds. The lowest BCUT2D eigenvalue weighted by atomic mass is 10.1. The minimum atomic E-state index is -0.971. The number of methoxy groups -OCH3 is 1. The normalized spacial score (nSPS) is 13.0. The van der Waals surface area contributed by atoms with E-state index in [1.165, 1.54) is 24.7 Å². The van der Waals surface area contributed by atoms with Gasteiger partial charge in [0.1, 0.15) is 18.0 Å². The number of phenols is 1. The lowest BCUT2D eigenvalue weighted by molar-refractivity contribution is -0.391. The Bertz CT molecular complexity index is 764. The van der Waals surface area contributed by atoms with Crippen molar-refractivity contribution in [2.75, 3.05) is 7.11 Å². The third kappa shape index (κ3) is 3.32. The third-order valence-corrected chi connectivity index (χ3v) is 3.31. The number of hydrogen-bond acceptors (Lipinski definition) is 6. The molecule has 1 heterocycles. The maximum Gasteiger partial charge on any atom is 0.347 e. The van der Waals surface area contributed by atoms with Gasteiger partial charge in [-0.3, -0.25) is 0 Å². The molecule has 0 aliphatic carbocycles. The summed E-state index contributed by atoms with van der Waals surface area (Å²) in [7, 11) is 1.42. The first-order chi connectivity index (χ1) is 10.8. The summed E-state index contributed by atoms with van der Waals surface area (Å²) in [5, 5.41) is 30.8. The number of aliphatic hydroxyl groups excluding tert-OH is 1. The van der Waals surface area contributed by atoms with Crippen LogP contribution in [-0.2, 0) is 0 Å². The molecular formula is C15H17N3O5. The fourth-order valence-electron chi connectivity index (χ4n) is 2.21. The molecule has 0 aliphatic rings. The first-order valence-corrected chi connectivity index (χ1v) is 6.81. The molecule has 0 saturated carbocycles. The predicted octanol–water partition coefficient (Wildman–Crippen LogP) is 2.19. The summed E-state index contributed by atoms with van der Waals surface area (Å²) in [4.78, 5) is 14.5. The van der Waals surface area contributed by atoms with E-state index in [4.69, 9.17) is 4.74 Å². The molecule has 1 aromatic carbocycles. The highest BCUT2D eigenvalue weighted by molar-refractivity contribution is 5.75. The Labute approximate surface area is 132 Å². The van der Waals surface area contributed by atoms with Crippen molar-refractivity contribution in [1.29, 1.82) is 0 Å². The number of aromatic hydroxyl groups is 1. The monoisotopic (exact) mass is 319 g/mol. The molecule has 2 N–H and O–H groups in total. The molecule has 0 saturated heterocycles. The molecule has 8 heteroatoms. The second-order valence-corrected chi connectivity index (χ2v) is 4.93. The number of phenolic OH excluding ortho intramolecular Hbond substituents is 1. The zero-order valence-corrected chi connectivity index (χ0v) is 12.9. The number of hydrogen-bond donors (Lipinski definition) is 2. The summed E-state index contributed by atoms with van der Waals surface area (Å²) in [5.74, 6) is 0.392. The molecule has 0 radical (unpaired) electrons. The number of imidazole rings is 1. The van der Waals surface area contributed by atoms with Crippen LogP contribution in [0.3, 0.4) is 0 Å². The van der Waals surface area contributed by atoms with Gasteiger partial charge in [0.2, 0.25) is 0 Å². The topological polar surface area (TPSA) is 111 Å². The molecule has 0 bridgehead atoms. The maximum atomic E-state index is 11.1. The number of aryl methyl sites for hydroxylation is 1. The molecule has 0 spiro atoms. The van der Waals surface area contributed by atoms with Gasteiger partial charge in [0.25, 0.3) is 0 Å². The van der Waals surface area contributed by atoms with E-state index in [2.05, 4.69) is 4.98 Å². The molecule has 0 fully saturated rings. The highest BCUT2D eigenvalue weighted by atomic mass is 16.6. The van der Waals surface area contributed by atoms with Gasteiger partial charge in [0.05, 0.1) is 7.11 Å². The molecule has 2 rings (SSSR count). The van der Waals surface area contributed by atoms with Gasteiger partial charge in [0, 0.05) is 6.92 Å². The van der Waals surface area contributed by atoms with E-state index in [0.717, 1.165) is 6.20 Å². The average molecular weight is 319 g/mol. The van der Waals surface area contributed by atoms with Crippen LogP contribution in [0.15, 0.2) is 24.4 Å². The van der Waals surface area contributed by atoms with E-state index in [1.54, 1.807) is 25.1 Å². The highest BCUT2D eigenvalue weighted by Gasteiger charge is 2.24. The van der Waals surface area contributed by atoms with Gasteiger partial charge in [-0.05, 0) is 35.6 Å². The van der Waals surface area contributed by atoms with Crippen molar-refractivity contribution < 1.29 is 19.9 Å². The van der Waals surface area contributed by atoms with E-state index in [1.807, 2.05) is 0 Å². The Morgan fingerprint density at radius 2 is 2.22 bits per heavy atom. The number of benzene rings is 1. The Kier molecular flexibility index (Phi) is 4.65. The van der Waals surface area contributed by atoms with Crippen molar-refractivity contribution >= 4 is 17.6 Å². The van der Waals surface area contributed by atoms with E-state index in [9.17, 15) is 20.3 Å². The standard InChI is InChI=1S/C15H17N3O5/c1-9(19)12(17-10(2)16-8-15(17)18(21)22)6-11-4-5-13(20)14(7-11)23-3/h4-9,19-20H,1-3H3/b12-6+. The highest BCUT2D eigenvalue weighted by Crippen LogP contribution is 2.29. The Morgan fingerprint density at radius 1 is 1.52 bits per heavy atom. The van der Waals surface area contributed by atoms with Gasteiger partial charge in [-0.2, -0.15) is 4.57 Å². The van der Waals surface area contributed by atoms with Crippen LogP contribution >= 0.6 is 0 Å². The lowest BCUT2D eigenvalue weighted by Crippen LogP contribution is -2.14. The second-order valence-electron chi connectivity index (χ2n) is 4.93. The van der Waals surface area contributed by atoms with Crippen LogP contribution in [0.2, 0.25) is 0 Å². The minimum absolute atomic E-state index is 0.0203. The lowest BCUT2D eigenvalue weighted by Gasteiger charge is -2.11. The number of ether oxygens (including phenoxy) is 1. The number of rotatable bonds is 5. The first kappa shape index (κ1) is 16.5. The number of aliphatic hydroxyl groups is 1. The van der Waals surface area contributed by atoms with Gasteiger partial charge >= 0.3 is 5.82 Å². The van der Waals surface area contributed by atoms with Crippen LogP contribution in [0.5, 0.6) is 11.5 Å². The number of aromatic nitrogens is 2. The summed E-state index contributed by atoms with van der Waals surface area (Å²) in [6.45, 7) is 3.12. The first-order valence-electron chi connectivity index (χ1n) is 6.81. The second kappa shape index (κ2) is 6.49. The van der Waals surface area contributed by atoms with Crippen LogP contribution in [0.4, 0.5) is 5.82 Å². The van der Waals surface area contributed by atoms with Gasteiger partial charge in [-0.1, -0.05) is 6.07 Å². The molecule has 1 unspecified atom stereocenters. The quantitative estimate of drug-likeness (QED) is 0.645. The molecule has 2 aromatic rings. The van der Waals surface area contributed by atoms with E-state index >= 15 is 0 Å². The Hall–Kier alpha value is -2.87. The largest absolute Gasteiger partial charge is 0.504 e. The van der Waals surface area contributed by atoms with Gasteiger partial charge in [0.15, 0.2) is 17.3 Å². The van der Waals surface area contributed by atoms with E-state index < -0.39 is 11.0 Å². The molecule has 1 aromatic heterocycles. The molecule has 23 heavy (non-hydrogen) atoms. The summed E-state index contributed by atoms with van der Waals surface area (Å²) in [5.41, 5.74) is 0.900. The maximum absolute atomic E-state index is 11.1. The van der Waals surface area contributed by atoms with Crippen molar-refractivity contribution in [2.24, 2.45) is 0 Å². The van der Waals surface area contributed by atoms with Crippen LogP contribution in [0.25, 0.3) is 11.8 Å². The minimum Gasteiger partial charge on any atom is -0.504 e. The third-order valence-electron chi connectivity index (χ3n) is 3.31. The van der Waals surface area contributed by atoms with Crippen LogP contribution in [-0.4, -0.2) is 37.9 Å². The number of nitro groups is 1. The van der Waals surface area contributed by atoms with Gasteiger partial charge < -0.3 is 25.1 Å². The molecule has 0 aliphatic heterocycles. The molecule has 1 atom stereocenters. The van der Waals surface area contributed by atoms with Crippen LogP contribution in [0, 0.1) is 17.0 Å². The van der Waals surface area contributed by atoms with Gasteiger partial charge in [-0.15, -0.1) is 0 Å².